The molecule has 0 heterocycles. The van der Waals surface area contributed by atoms with Crippen LogP contribution < -0.4 is 10.5 Å². The van der Waals surface area contributed by atoms with Crippen molar-refractivity contribution in [1.82, 2.24) is 0 Å². The summed E-state index contributed by atoms with van der Waals surface area (Å²) in [5.41, 5.74) is 8.86. The fourth-order valence-corrected chi connectivity index (χ4v) is 3.21. The summed E-state index contributed by atoms with van der Waals surface area (Å²) in [4.78, 5) is 0. The van der Waals surface area contributed by atoms with Gasteiger partial charge < -0.3 is 10.5 Å². The molecule has 20 heavy (non-hydrogen) atoms. The summed E-state index contributed by atoms with van der Waals surface area (Å²) in [7, 11) is 0. The minimum atomic E-state index is 0.434. The van der Waals surface area contributed by atoms with Crippen LogP contribution in [-0.2, 0) is 12.8 Å². The van der Waals surface area contributed by atoms with Gasteiger partial charge in [-0.15, -0.1) is 0 Å². The van der Waals surface area contributed by atoms with Crippen molar-refractivity contribution >= 4 is 28.9 Å². The van der Waals surface area contributed by atoms with Crippen molar-refractivity contribution in [3.8, 4) is 11.5 Å². The molecule has 0 fully saturated rings. The second-order valence-corrected chi connectivity index (χ2v) is 5.83. The lowest BCUT2D eigenvalue weighted by Crippen LogP contribution is -2.04. The first kappa shape index (κ1) is 13.6. The summed E-state index contributed by atoms with van der Waals surface area (Å²) in [6.45, 7) is 0. The number of anilines is 1. The van der Waals surface area contributed by atoms with Gasteiger partial charge >= 0.3 is 0 Å². The van der Waals surface area contributed by atoms with Crippen LogP contribution in [-0.4, -0.2) is 0 Å². The summed E-state index contributed by atoms with van der Waals surface area (Å²) in [6.07, 6.45) is 4.57. The molecule has 3 rings (SSSR count). The number of benzene rings is 2. The van der Waals surface area contributed by atoms with Gasteiger partial charge in [-0.25, -0.2) is 0 Å². The van der Waals surface area contributed by atoms with Crippen molar-refractivity contribution in [2.24, 2.45) is 0 Å². The van der Waals surface area contributed by atoms with Crippen molar-refractivity contribution in [3.05, 3.63) is 51.5 Å². The van der Waals surface area contributed by atoms with Gasteiger partial charge in [0.1, 0.15) is 5.75 Å². The molecule has 0 radical (unpaired) electrons. The maximum Gasteiger partial charge on any atom is 0.164 e. The van der Waals surface area contributed by atoms with Gasteiger partial charge in [0, 0.05) is 5.69 Å². The van der Waals surface area contributed by atoms with Crippen LogP contribution in [0.15, 0.2) is 30.3 Å². The van der Waals surface area contributed by atoms with Gasteiger partial charge in [-0.3, -0.25) is 0 Å². The van der Waals surface area contributed by atoms with E-state index in [0.29, 0.717) is 21.5 Å². The molecule has 0 saturated carbocycles. The van der Waals surface area contributed by atoms with Crippen molar-refractivity contribution in [2.45, 2.75) is 25.7 Å². The number of hydrogen-bond acceptors (Lipinski definition) is 2. The Balaban J connectivity index is 2.00. The van der Waals surface area contributed by atoms with E-state index in [0.717, 1.165) is 18.6 Å². The maximum atomic E-state index is 6.18. The van der Waals surface area contributed by atoms with E-state index in [4.69, 9.17) is 33.7 Å². The lowest BCUT2D eigenvalue weighted by Gasteiger charge is -2.20. The smallest absolute Gasteiger partial charge is 0.164 e. The molecule has 0 amide bonds. The largest absolute Gasteiger partial charge is 0.454 e. The third kappa shape index (κ3) is 2.58. The van der Waals surface area contributed by atoms with Crippen molar-refractivity contribution < 1.29 is 4.74 Å². The molecule has 0 atom stereocenters. The monoisotopic (exact) mass is 307 g/mol. The highest BCUT2D eigenvalue weighted by Gasteiger charge is 2.16. The van der Waals surface area contributed by atoms with Crippen LogP contribution in [0.2, 0.25) is 10.0 Å². The normalized spacial score (nSPS) is 13.9. The Labute approximate surface area is 128 Å². The fraction of sp³-hybridized carbons (Fsp3) is 0.250. The van der Waals surface area contributed by atoms with Gasteiger partial charge in [0.25, 0.3) is 0 Å². The highest BCUT2D eigenvalue weighted by molar-refractivity contribution is 6.37. The lowest BCUT2D eigenvalue weighted by molar-refractivity contribution is 0.471. The Hall–Kier alpha value is -1.38. The Kier molecular flexibility index (Phi) is 3.77. The molecule has 0 unspecified atom stereocenters. The molecule has 2 aromatic carbocycles. The summed E-state index contributed by atoms with van der Waals surface area (Å²) in [6, 6.07) is 9.44. The van der Waals surface area contributed by atoms with E-state index in [2.05, 4.69) is 6.07 Å². The standard InChI is InChI=1S/C16H15Cl2NO/c17-13-8-11(19)9-14(18)16(13)20-15-7-3-5-10-4-1-2-6-12(10)15/h3,5,7-9H,1-2,4,6,19H2. The van der Waals surface area contributed by atoms with Gasteiger partial charge in [0.15, 0.2) is 5.75 Å². The van der Waals surface area contributed by atoms with Crippen LogP contribution in [0.3, 0.4) is 0 Å². The van der Waals surface area contributed by atoms with Crippen LogP contribution in [0.5, 0.6) is 11.5 Å². The first-order chi connectivity index (χ1) is 9.65. The highest BCUT2D eigenvalue weighted by atomic mass is 35.5. The minimum absolute atomic E-state index is 0.434. The first-order valence-corrected chi connectivity index (χ1v) is 7.44. The molecule has 0 aromatic heterocycles. The Morgan fingerprint density at radius 3 is 2.45 bits per heavy atom. The average Bonchev–Trinajstić information content (AvgIpc) is 2.43. The van der Waals surface area contributed by atoms with Crippen LogP contribution >= 0.6 is 23.2 Å². The topological polar surface area (TPSA) is 35.2 Å². The van der Waals surface area contributed by atoms with E-state index < -0.39 is 0 Å². The predicted molar refractivity (Wildman–Crippen MR) is 84.0 cm³/mol. The molecule has 0 bridgehead atoms. The number of nitrogen functional groups attached to an aromatic ring is 1. The summed E-state index contributed by atoms with van der Waals surface area (Å²) in [5, 5.41) is 0.867. The molecule has 104 valence electrons. The highest BCUT2D eigenvalue weighted by Crippen LogP contribution is 2.40. The van der Waals surface area contributed by atoms with Crippen LogP contribution in [0.25, 0.3) is 0 Å². The number of ether oxygens (including phenoxy) is 1. The Morgan fingerprint density at radius 1 is 1.00 bits per heavy atom. The third-order valence-corrected chi connectivity index (χ3v) is 4.15. The van der Waals surface area contributed by atoms with Gasteiger partial charge in [0.2, 0.25) is 0 Å². The predicted octanol–water partition coefficient (Wildman–Crippen LogP) is 5.25. The number of hydrogen-bond donors (Lipinski definition) is 1. The second-order valence-electron chi connectivity index (χ2n) is 5.02. The molecule has 0 spiro atoms. The van der Waals surface area contributed by atoms with Gasteiger partial charge in [-0.1, -0.05) is 35.3 Å². The zero-order valence-electron chi connectivity index (χ0n) is 11.0. The fourth-order valence-electron chi connectivity index (χ4n) is 2.63. The Morgan fingerprint density at radius 2 is 1.70 bits per heavy atom. The number of fused-ring (bicyclic) bond motifs is 1. The molecule has 1 aliphatic carbocycles. The number of rotatable bonds is 2. The van der Waals surface area contributed by atoms with Crippen molar-refractivity contribution in [3.63, 3.8) is 0 Å². The number of halogens is 2. The van der Waals surface area contributed by atoms with E-state index >= 15 is 0 Å². The van der Waals surface area contributed by atoms with Crippen LogP contribution in [0, 0.1) is 0 Å². The van der Waals surface area contributed by atoms with E-state index in [1.54, 1.807) is 12.1 Å². The van der Waals surface area contributed by atoms with Gasteiger partial charge in [-0.2, -0.15) is 0 Å². The van der Waals surface area contributed by atoms with Gasteiger partial charge in [0.05, 0.1) is 10.0 Å². The summed E-state index contributed by atoms with van der Waals surface area (Å²) >= 11 is 12.4. The molecule has 2 N–H and O–H groups in total. The molecular weight excluding hydrogens is 293 g/mol. The average molecular weight is 308 g/mol. The minimum Gasteiger partial charge on any atom is -0.454 e. The molecular formula is C16H15Cl2NO. The van der Waals surface area contributed by atoms with E-state index in [9.17, 15) is 0 Å². The van der Waals surface area contributed by atoms with Crippen molar-refractivity contribution in [2.75, 3.05) is 5.73 Å². The maximum absolute atomic E-state index is 6.18. The molecule has 2 aromatic rings. The van der Waals surface area contributed by atoms with Crippen molar-refractivity contribution in [1.29, 1.82) is 0 Å². The SMILES string of the molecule is Nc1cc(Cl)c(Oc2cccc3c2CCCC3)c(Cl)c1. The van der Waals surface area contributed by atoms with E-state index in [-0.39, 0.29) is 0 Å². The van der Waals surface area contributed by atoms with Crippen LogP contribution in [0.1, 0.15) is 24.0 Å². The van der Waals surface area contributed by atoms with Gasteiger partial charge in [-0.05, 0) is 55.0 Å². The van der Waals surface area contributed by atoms with E-state index in [1.807, 2.05) is 12.1 Å². The van der Waals surface area contributed by atoms with E-state index in [1.165, 1.54) is 24.0 Å². The number of aryl methyl sites for hydroxylation is 1. The Bertz CT molecular complexity index is 632. The third-order valence-electron chi connectivity index (χ3n) is 3.59. The number of nitrogens with two attached hydrogens (primary N) is 1. The summed E-state index contributed by atoms with van der Waals surface area (Å²) < 4.78 is 5.97. The summed E-state index contributed by atoms with van der Waals surface area (Å²) in [5.74, 6) is 1.32. The zero-order chi connectivity index (χ0) is 14.1. The lowest BCUT2D eigenvalue weighted by atomic mass is 9.91. The molecule has 0 saturated heterocycles. The zero-order valence-corrected chi connectivity index (χ0v) is 12.5. The second kappa shape index (κ2) is 5.55. The molecule has 0 aliphatic heterocycles. The first-order valence-electron chi connectivity index (χ1n) is 6.68. The molecule has 2 nitrogen and oxygen atoms in total. The molecule has 4 heteroatoms. The molecule has 1 aliphatic rings. The quantitative estimate of drug-likeness (QED) is 0.769. The van der Waals surface area contributed by atoms with Crippen LogP contribution in [0.4, 0.5) is 5.69 Å².